The van der Waals surface area contributed by atoms with Crippen molar-refractivity contribution in [3.8, 4) is 5.75 Å². The number of fused-ring (bicyclic) bond motifs is 1. The minimum Gasteiger partial charge on any atom is -0.496 e. The fourth-order valence-corrected chi connectivity index (χ4v) is 3.05. The fraction of sp³-hybridized carbons (Fsp3) is 0.190. The molecule has 0 radical (unpaired) electrons. The Bertz CT molecular complexity index is 1070. The third kappa shape index (κ3) is 3.83. The van der Waals surface area contributed by atoms with Crippen molar-refractivity contribution in [2.24, 2.45) is 0 Å². The van der Waals surface area contributed by atoms with E-state index in [0.717, 1.165) is 33.4 Å². The lowest BCUT2D eigenvalue weighted by molar-refractivity contribution is -0.111. The van der Waals surface area contributed by atoms with Gasteiger partial charge >= 0.3 is 0 Å². The standard InChI is InChI=1S/C21H19ClFNO3/c1-11(7-21(25)24-14-5-6-18(23)17(22)8-14)15-9-16-12(2)13(3)27-20(16)10-19(15)26-4/h5-10H,1-4H3,(H,24,25)/b11-7+. The van der Waals surface area contributed by atoms with E-state index in [2.05, 4.69) is 5.32 Å². The van der Waals surface area contributed by atoms with Gasteiger partial charge in [-0.2, -0.15) is 0 Å². The summed E-state index contributed by atoms with van der Waals surface area (Å²) < 4.78 is 24.4. The third-order valence-corrected chi connectivity index (χ3v) is 4.75. The van der Waals surface area contributed by atoms with Gasteiger partial charge in [-0.3, -0.25) is 4.79 Å². The average molecular weight is 388 g/mol. The van der Waals surface area contributed by atoms with E-state index in [4.69, 9.17) is 20.8 Å². The summed E-state index contributed by atoms with van der Waals surface area (Å²) in [6.07, 6.45) is 1.46. The summed E-state index contributed by atoms with van der Waals surface area (Å²) in [5.74, 6) is 0.571. The maximum Gasteiger partial charge on any atom is 0.248 e. The summed E-state index contributed by atoms with van der Waals surface area (Å²) in [5, 5.41) is 3.60. The lowest BCUT2D eigenvalue weighted by atomic mass is 10.0. The van der Waals surface area contributed by atoms with Gasteiger partial charge in [0.15, 0.2) is 0 Å². The SMILES string of the molecule is COc1cc2oc(C)c(C)c2cc1/C(C)=C/C(=O)Nc1ccc(F)c(Cl)c1. The van der Waals surface area contributed by atoms with Crippen LogP contribution in [0, 0.1) is 19.7 Å². The van der Waals surface area contributed by atoms with Gasteiger partial charge in [0.2, 0.25) is 5.91 Å². The quantitative estimate of drug-likeness (QED) is 0.567. The molecule has 3 aromatic rings. The Morgan fingerprint density at radius 2 is 2.00 bits per heavy atom. The van der Waals surface area contributed by atoms with Crippen LogP contribution in [0.15, 0.2) is 40.8 Å². The molecule has 0 saturated carbocycles. The van der Waals surface area contributed by atoms with Crippen molar-refractivity contribution in [1.82, 2.24) is 0 Å². The van der Waals surface area contributed by atoms with E-state index in [1.807, 2.05) is 32.9 Å². The minimum atomic E-state index is -0.537. The van der Waals surface area contributed by atoms with Gasteiger partial charge in [0.25, 0.3) is 0 Å². The number of hydrogen-bond donors (Lipinski definition) is 1. The number of aryl methyl sites for hydroxylation is 2. The first-order chi connectivity index (χ1) is 12.8. The zero-order chi connectivity index (χ0) is 19.7. The van der Waals surface area contributed by atoms with Crippen LogP contribution in [-0.4, -0.2) is 13.0 Å². The predicted octanol–water partition coefficient (Wildman–Crippen LogP) is 5.89. The summed E-state index contributed by atoms with van der Waals surface area (Å²) in [6, 6.07) is 7.79. The second kappa shape index (κ2) is 7.45. The van der Waals surface area contributed by atoms with Crippen molar-refractivity contribution in [2.45, 2.75) is 20.8 Å². The number of allylic oxidation sites excluding steroid dienone is 1. The first-order valence-electron chi connectivity index (χ1n) is 8.32. The molecule has 1 N–H and O–H groups in total. The number of furan rings is 1. The van der Waals surface area contributed by atoms with E-state index < -0.39 is 5.82 Å². The number of anilines is 1. The molecule has 0 bridgehead atoms. The minimum absolute atomic E-state index is 0.0496. The lowest BCUT2D eigenvalue weighted by Gasteiger charge is -2.10. The molecule has 2 aromatic carbocycles. The van der Waals surface area contributed by atoms with Crippen molar-refractivity contribution < 1.29 is 18.3 Å². The van der Waals surface area contributed by atoms with Crippen LogP contribution < -0.4 is 10.1 Å². The molecule has 0 atom stereocenters. The number of methoxy groups -OCH3 is 1. The van der Waals surface area contributed by atoms with Gasteiger partial charge < -0.3 is 14.5 Å². The Morgan fingerprint density at radius 3 is 2.67 bits per heavy atom. The van der Waals surface area contributed by atoms with Crippen LogP contribution in [0.5, 0.6) is 5.75 Å². The van der Waals surface area contributed by atoms with E-state index in [1.165, 1.54) is 24.3 Å². The molecule has 1 heterocycles. The zero-order valence-corrected chi connectivity index (χ0v) is 16.2. The molecule has 3 rings (SSSR count). The number of amides is 1. The summed E-state index contributed by atoms with van der Waals surface area (Å²) in [5.41, 5.74) is 3.72. The second-order valence-electron chi connectivity index (χ2n) is 6.28. The van der Waals surface area contributed by atoms with E-state index in [1.54, 1.807) is 7.11 Å². The van der Waals surface area contributed by atoms with Gasteiger partial charge in [-0.25, -0.2) is 4.39 Å². The van der Waals surface area contributed by atoms with Gasteiger partial charge in [-0.1, -0.05) is 11.6 Å². The third-order valence-electron chi connectivity index (χ3n) is 4.46. The number of rotatable bonds is 4. The molecule has 1 aromatic heterocycles. The normalized spacial score (nSPS) is 11.7. The van der Waals surface area contributed by atoms with Crippen LogP contribution in [-0.2, 0) is 4.79 Å². The summed E-state index contributed by atoms with van der Waals surface area (Å²) >= 11 is 5.74. The Kier molecular flexibility index (Phi) is 5.24. The summed E-state index contributed by atoms with van der Waals surface area (Å²) in [4.78, 5) is 12.3. The molecule has 140 valence electrons. The number of nitrogens with one attached hydrogen (secondary N) is 1. The summed E-state index contributed by atoms with van der Waals surface area (Å²) in [7, 11) is 1.57. The van der Waals surface area contributed by atoms with Crippen LogP contribution >= 0.6 is 11.6 Å². The van der Waals surface area contributed by atoms with E-state index >= 15 is 0 Å². The monoisotopic (exact) mass is 387 g/mol. The van der Waals surface area contributed by atoms with Gasteiger partial charge in [0.1, 0.15) is 22.9 Å². The molecule has 4 nitrogen and oxygen atoms in total. The smallest absolute Gasteiger partial charge is 0.248 e. The topological polar surface area (TPSA) is 51.5 Å². The Morgan fingerprint density at radius 1 is 1.26 bits per heavy atom. The lowest BCUT2D eigenvalue weighted by Crippen LogP contribution is -2.08. The average Bonchev–Trinajstić information content (AvgIpc) is 2.90. The predicted molar refractivity (Wildman–Crippen MR) is 106 cm³/mol. The molecule has 0 aliphatic rings. The van der Waals surface area contributed by atoms with Gasteiger partial charge in [-0.05, 0) is 56.2 Å². The van der Waals surface area contributed by atoms with Crippen molar-refractivity contribution in [1.29, 1.82) is 0 Å². The van der Waals surface area contributed by atoms with Crippen molar-refractivity contribution in [3.05, 3.63) is 64.1 Å². The van der Waals surface area contributed by atoms with E-state index in [-0.39, 0.29) is 10.9 Å². The molecule has 0 fully saturated rings. The van der Waals surface area contributed by atoms with Crippen molar-refractivity contribution in [3.63, 3.8) is 0 Å². The molecule has 0 saturated heterocycles. The summed E-state index contributed by atoms with van der Waals surface area (Å²) in [6.45, 7) is 5.72. The highest BCUT2D eigenvalue weighted by Gasteiger charge is 2.14. The molecule has 0 aliphatic heterocycles. The van der Waals surface area contributed by atoms with E-state index in [9.17, 15) is 9.18 Å². The molecule has 27 heavy (non-hydrogen) atoms. The Labute approximate surface area is 161 Å². The number of halogens is 2. The number of ether oxygens (including phenoxy) is 1. The van der Waals surface area contributed by atoms with Crippen molar-refractivity contribution >= 4 is 39.7 Å². The number of benzene rings is 2. The number of carbonyl (C=O) groups is 1. The van der Waals surface area contributed by atoms with Crippen LogP contribution in [0.2, 0.25) is 5.02 Å². The highest BCUT2D eigenvalue weighted by Crippen LogP contribution is 2.34. The van der Waals surface area contributed by atoms with E-state index in [0.29, 0.717) is 11.4 Å². The highest BCUT2D eigenvalue weighted by molar-refractivity contribution is 6.31. The first kappa shape index (κ1) is 19.0. The van der Waals surface area contributed by atoms with Crippen LogP contribution in [0.4, 0.5) is 10.1 Å². The van der Waals surface area contributed by atoms with Gasteiger partial charge in [0, 0.05) is 28.8 Å². The molecule has 6 heteroatoms. The molecule has 0 unspecified atom stereocenters. The molecular formula is C21H19ClFNO3. The highest BCUT2D eigenvalue weighted by atomic mass is 35.5. The second-order valence-corrected chi connectivity index (χ2v) is 6.68. The van der Waals surface area contributed by atoms with Crippen LogP contribution in [0.25, 0.3) is 16.5 Å². The maximum atomic E-state index is 13.2. The van der Waals surface area contributed by atoms with Crippen molar-refractivity contribution in [2.75, 3.05) is 12.4 Å². The zero-order valence-electron chi connectivity index (χ0n) is 15.4. The molecule has 0 spiro atoms. The molecular weight excluding hydrogens is 369 g/mol. The molecule has 1 amide bonds. The van der Waals surface area contributed by atoms with Gasteiger partial charge in [0.05, 0.1) is 12.1 Å². The number of hydrogen-bond acceptors (Lipinski definition) is 3. The van der Waals surface area contributed by atoms with Crippen LogP contribution in [0.3, 0.4) is 0 Å². The number of carbonyl (C=O) groups excluding carboxylic acids is 1. The Hall–Kier alpha value is -2.79. The van der Waals surface area contributed by atoms with Crippen LogP contribution in [0.1, 0.15) is 23.8 Å². The Balaban J connectivity index is 1.93. The molecule has 0 aliphatic carbocycles. The first-order valence-corrected chi connectivity index (χ1v) is 8.70. The van der Waals surface area contributed by atoms with Gasteiger partial charge in [-0.15, -0.1) is 0 Å². The largest absolute Gasteiger partial charge is 0.496 e. The fourth-order valence-electron chi connectivity index (χ4n) is 2.87. The maximum absolute atomic E-state index is 13.2.